The third kappa shape index (κ3) is 4.22. The summed E-state index contributed by atoms with van der Waals surface area (Å²) in [6.07, 6.45) is 2.15. The SMILES string of the molecule is CCCC(C)C(=O)c1ccc(OC(C)C)cc1. The van der Waals surface area contributed by atoms with E-state index in [2.05, 4.69) is 6.92 Å². The van der Waals surface area contributed by atoms with Gasteiger partial charge in [-0.1, -0.05) is 20.3 Å². The molecule has 0 aliphatic carbocycles. The molecule has 0 aromatic heterocycles. The first kappa shape index (κ1) is 13.8. The molecule has 2 nitrogen and oxygen atoms in total. The molecular formula is C15H22O2. The Morgan fingerprint density at radius 3 is 2.24 bits per heavy atom. The first-order valence-electron chi connectivity index (χ1n) is 6.35. The third-order valence-electron chi connectivity index (χ3n) is 2.68. The fraction of sp³-hybridized carbons (Fsp3) is 0.533. The second kappa shape index (κ2) is 6.43. The number of carbonyl (C=O) groups is 1. The van der Waals surface area contributed by atoms with Gasteiger partial charge in [0.05, 0.1) is 6.10 Å². The Bertz CT molecular complexity index is 352. The standard InChI is InChI=1S/C15H22O2/c1-5-6-12(4)15(16)13-7-9-14(10-8-13)17-11(2)3/h7-12H,5-6H2,1-4H3. The van der Waals surface area contributed by atoms with Crippen LogP contribution in [0.3, 0.4) is 0 Å². The van der Waals surface area contributed by atoms with Crippen molar-refractivity contribution in [3.8, 4) is 5.75 Å². The van der Waals surface area contributed by atoms with Crippen LogP contribution in [0.5, 0.6) is 5.75 Å². The maximum Gasteiger partial charge on any atom is 0.165 e. The minimum Gasteiger partial charge on any atom is -0.491 e. The van der Waals surface area contributed by atoms with Crippen molar-refractivity contribution in [2.75, 3.05) is 0 Å². The van der Waals surface area contributed by atoms with E-state index in [1.165, 1.54) is 0 Å². The Morgan fingerprint density at radius 1 is 1.18 bits per heavy atom. The molecule has 0 fully saturated rings. The average molecular weight is 234 g/mol. The summed E-state index contributed by atoms with van der Waals surface area (Å²) >= 11 is 0. The quantitative estimate of drug-likeness (QED) is 0.693. The van der Waals surface area contributed by atoms with Gasteiger partial charge < -0.3 is 4.74 Å². The van der Waals surface area contributed by atoms with Gasteiger partial charge in [0, 0.05) is 11.5 Å². The molecule has 0 amide bonds. The normalized spacial score (nSPS) is 12.5. The van der Waals surface area contributed by atoms with Crippen LogP contribution in [0.2, 0.25) is 0 Å². The highest BCUT2D eigenvalue weighted by molar-refractivity contribution is 5.97. The van der Waals surface area contributed by atoms with Gasteiger partial charge in [-0.05, 0) is 44.5 Å². The minimum absolute atomic E-state index is 0.108. The van der Waals surface area contributed by atoms with Crippen LogP contribution in [0.1, 0.15) is 50.9 Å². The third-order valence-corrected chi connectivity index (χ3v) is 2.68. The summed E-state index contributed by atoms with van der Waals surface area (Å²) in [6.45, 7) is 8.07. The number of hydrogen-bond donors (Lipinski definition) is 0. The van der Waals surface area contributed by atoms with Crippen molar-refractivity contribution in [3.05, 3.63) is 29.8 Å². The summed E-state index contributed by atoms with van der Waals surface area (Å²) in [5.74, 6) is 1.15. The molecular weight excluding hydrogens is 212 g/mol. The molecule has 0 aliphatic heterocycles. The lowest BCUT2D eigenvalue weighted by molar-refractivity contribution is 0.0923. The van der Waals surface area contributed by atoms with E-state index in [1.54, 1.807) is 0 Å². The van der Waals surface area contributed by atoms with Crippen LogP contribution in [0.15, 0.2) is 24.3 Å². The zero-order valence-electron chi connectivity index (χ0n) is 11.2. The van der Waals surface area contributed by atoms with E-state index in [0.717, 1.165) is 24.2 Å². The predicted molar refractivity (Wildman–Crippen MR) is 70.6 cm³/mol. The molecule has 0 heterocycles. The molecule has 1 aromatic rings. The van der Waals surface area contributed by atoms with Crippen LogP contribution in [0, 0.1) is 5.92 Å². The van der Waals surface area contributed by atoms with Crippen molar-refractivity contribution in [2.24, 2.45) is 5.92 Å². The molecule has 2 heteroatoms. The van der Waals surface area contributed by atoms with Gasteiger partial charge >= 0.3 is 0 Å². The van der Waals surface area contributed by atoms with Crippen molar-refractivity contribution >= 4 is 5.78 Å². The van der Waals surface area contributed by atoms with E-state index in [0.29, 0.717) is 0 Å². The maximum absolute atomic E-state index is 12.0. The van der Waals surface area contributed by atoms with Gasteiger partial charge in [0.2, 0.25) is 0 Å². The van der Waals surface area contributed by atoms with E-state index >= 15 is 0 Å². The van der Waals surface area contributed by atoms with Crippen molar-refractivity contribution in [1.29, 1.82) is 0 Å². The van der Waals surface area contributed by atoms with E-state index in [4.69, 9.17) is 4.74 Å². The lowest BCUT2D eigenvalue weighted by Gasteiger charge is -2.11. The van der Waals surface area contributed by atoms with Crippen LogP contribution in [-0.4, -0.2) is 11.9 Å². The number of ketones is 1. The molecule has 1 aromatic carbocycles. The molecule has 1 rings (SSSR count). The summed E-state index contributed by atoms with van der Waals surface area (Å²) in [6, 6.07) is 7.44. The maximum atomic E-state index is 12.0. The first-order valence-corrected chi connectivity index (χ1v) is 6.35. The van der Waals surface area contributed by atoms with Gasteiger partial charge in [0.25, 0.3) is 0 Å². The Hall–Kier alpha value is -1.31. The number of carbonyl (C=O) groups excluding carboxylic acids is 1. The highest BCUT2D eigenvalue weighted by Gasteiger charge is 2.14. The summed E-state index contributed by atoms with van der Waals surface area (Å²) < 4.78 is 5.55. The second-order valence-corrected chi connectivity index (χ2v) is 4.74. The molecule has 0 N–H and O–H groups in total. The summed E-state index contributed by atoms with van der Waals surface area (Å²) in [5.41, 5.74) is 0.780. The summed E-state index contributed by atoms with van der Waals surface area (Å²) in [5, 5.41) is 0. The fourth-order valence-corrected chi connectivity index (χ4v) is 1.82. The average Bonchev–Trinajstić information content (AvgIpc) is 2.28. The van der Waals surface area contributed by atoms with Gasteiger partial charge in [0.1, 0.15) is 5.75 Å². The number of benzene rings is 1. The number of hydrogen-bond acceptors (Lipinski definition) is 2. The molecule has 1 atom stereocenters. The molecule has 0 radical (unpaired) electrons. The van der Waals surface area contributed by atoms with E-state index in [9.17, 15) is 4.79 Å². The van der Waals surface area contributed by atoms with Gasteiger partial charge in [0.15, 0.2) is 5.78 Å². The monoisotopic (exact) mass is 234 g/mol. The molecule has 1 unspecified atom stereocenters. The van der Waals surface area contributed by atoms with Crippen LogP contribution >= 0.6 is 0 Å². The smallest absolute Gasteiger partial charge is 0.165 e. The van der Waals surface area contributed by atoms with Gasteiger partial charge in [-0.3, -0.25) is 4.79 Å². The zero-order valence-corrected chi connectivity index (χ0v) is 11.2. The molecule has 17 heavy (non-hydrogen) atoms. The van der Waals surface area contributed by atoms with E-state index in [-0.39, 0.29) is 17.8 Å². The lowest BCUT2D eigenvalue weighted by atomic mass is 9.95. The minimum atomic E-state index is 0.108. The van der Waals surface area contributed by atoms with Gasteiger partial charge in [-0.15, -0.1) is 0 Å². The number of Topliss-reactive ketones (excluding diaryl/α,β-unsaturated/α-hetero) is 1. The van der Waals surface area contributed by atoms with Crippen LogP contribution in [0.25, 0.3) is 0 Å². The molecule has 0 saturated carbocycles. The zero-order chi connectivity index (χ0) is 12.8. The molecule has 0 aliphatic rings. The number of rotatable bonds is 6. The topological polar surface area (TPSA) is 26.3 Å². The highest BCUT2D eigenvalue weighted by atomic mass is 16.5. The van der Waals surface area contributed by atoms with Gasteiger partial charge in [-0.2, -0.15) is 0 Å². The highest BCUT2D eigenvalue weighted by Crippen LogP contribution is 2.18. The van der Waals surface area contributed by atoms with Crippen LogP contribution in [-0.2, 0) is 0 Å². The molecule has 94 valence electrons. The Kier molecular flexibility index (Phi) is 5.20. The van der Waals surface area contributed by atoms with Crippen molar-refractivity contribution < 1.29 is 9.53 Å². The number of ether oxygens (including phenoxy) is 1. The van der Waals surface area contributed by atoms with Crippen molar-refractivity contribution in [2.45, 2.75) is 46.6 Å². The summed E-state index contributed by atoms with van der Waals surface area (Å²) in [4.78, 5) is 12.0. The predicted octanol–water partition coefficient (Wildman–Crippen LogP) is 4.09. The Balaban J connectivity index is 2.70. The van der Waals surface area contributed by atoms with Gasteiger partial charge in [-0.25, -0.2) is 0 Å². The van der Waals surface area contributed by atoms with E-state index < -0.39 is 0 Å². The second-order valence-electron chi connectivity index (χ2n) is 4.74. The van der Waals surface area contributed by atoms with Crippen molar-refractivity contribution in [3.63, 3.8) is 0 Å². The lowest BCUT2D eigenvalue weighted by Crippen LogP contribution is -2.11. The van der Waals surface area contributed by atoms with E-state index in [1.807, 2.05) is 45.0 Å². The fourth-order valence-electron chi connectivity index (χ4n) is 1.82. The Morgan fingerprint density at radius 2 is 1.76 bits per heavy atom. The molecule has 0 bridgehead atoms. The largest absolute Gasteiger partial charge is 0.491 e. The summed E-state index contributed by atoms with van der Waals surface area (Å²) in [7, 11) is 0. The molecule has 0 saturated heterocycles. The van der Waals surface area contributed by atoms with Crippen molar-refractivity contribution in [1.82, 2.24) is 0 Å². The molecule has 0 spiro atoms. The Labute approximate surface area is 104 Å². The van der Waals surface area contributed by atoms with Crippen LogP contribution in [0.4, 0.5) is 0 Å². The van der Waals surface area contributed by atoms with Crippen LogP contribution < -0.4 is 4.74 Å². The first-order chi connectivity index (χ1) is 8.04.